The van der Waals surface area contributed by atoms with Crippen molar-refractivity contribution in [1.82, 2.24) is 10.5 Å². The fraction of sp³-hybridized carbons (Fsp3) is 0.714. The Kier molecular flexibility index (Phi) is 6.97. The minimum Gasteiger partial charge on any atom is -0.364 e. The van der Waals surface area contributed by atoms with Gasteiger partial charge in [0.15, 0.2) is 0 Å². The number of carbonyl (C=O) groups is 1. The molecule has 5 nitrogen and oxygen atoms in total. The van der Waals surface area contributed by atoms with Crippen molar-refractivity contribution in [3.63, 3.8) is 0 Å². The molecule has 0 spiro atoms. The number of nitrogens with two attached hydrogens (primary N) is 1. The smallest absolute Gasteiger partial charge is 0.226 e. The lowest BCUT2D eigenvalue weighted by Crippen LogP contribution is -2.54. The van der Waals surface area contributed by atoms with Gasteiger partial charge in [0.2, 0.25) is 5.91 Å². The van der Waals surface area contributed by atoms with Crippen LogP contribution in [0, 0.1) is 11.8 Å². The van der Waals surface area contributed by atoms with Crippen molar-refractivity contribution in [3.05, 3.63) is 18.0 Å². The number of nitrogens with zero attached hydrogens (tertiary/aromatic N) is 1. The molecule has 2 fully saturated rings. The molecule has 2 atom stereocenters. The first kappa shape index (κ1) is 18.3. The van der Waals surface area contributed by atoms with Crippen molar-refractivity contribution in [2.24, 2.45) is 17.6 Å². The number of hydrogen-bond acceptors (Lipinski definition) is 4. The highest BCUT2D eigenvalue weighted by molar-refractivity contribution is 5.85. The average Bonchev–Trinajstić information content (AvgIpc) is 2.83. The van der Waals surface area contributed by atoms with Crippen molar-refractivity contribution in [3.8, 4) is 0 Å². The van der Waals surface area contributed by atoms with E-state index in [1.165, 1.54) is 25.5 Å². The summed E-state index contributed by atoms with van der Waals surface area (Å²) in [5, 5.41) is 6.98. The third-order valence-electron chi connectivity index (χ3n) is 4.54. The molecule has 2 bridgehead atoms. The molecule has 2 saturated carbocycles. The lowest BCUT2D eigenvalue weighted by Gasteiger charge is -2.45. The Morgan fingerprint density at radius 2 is 2.00 bits per heavy atom. The molecule has 1 amide bonds. The highest BCUT2D eigenvalue weighted by Crippen LogP contribution is 2.39. The van der Waals surface area contributed by atoms with Crippen LogP contribution >= 0.6 is 24.8 Å². The Bertz CT molecular complexity index is 427. The van der Waals surface area contributed by atoms with Gasteiger partial charge in [0.05, 0.1) is 12.1 Å². The summed E-state index contributed by atoms with van der Waals surface area (Å²) < 4.78 is 4.75. The molecular weight excluding hydrogens is 313 g/mol. The molecule has 0 saturated heterocycles. The van der Waals surface area contributed by atoms with Crippen LogP contribution in [0.3, 0.4) is 0 Å². The van der Waals surface area contributed by atoms with Crippen molar-refractivity contribution >= 4 is 30.7 Å². The van der Waals surface area contributed by atoms with Crippen LogP contribution in [0.25, 0.3) is 0 Å². The van der Waals surface area contributed by atoms with E-state index < -0.39 is 0 Å². The number of aromatic nitrogens is 1. The molecule has 0 radical (unpaired) electrons. The Morgan fingerprint density at radius 3 is 2.57 bits per heavy atom. The first-order valence-corrected chi connectivity index (χ1v) is 7.16. The summed E-state index contributed by atoms with van der Waals surface area (Å²) in [4.78, 5) is 12.1. The van der Waals surface area contributed by atoms with E-state index in [-0.39, 0.29) is 30.7 Å². The first-order valence-electron chi connectivity index (χ1n) is 7.16. The molecule has 2 aliphatic rings. The van der Waals surface area contributed by atoms with Crippen LogP contribution in [0.15, 0.2) is 16.9 Å². The number of nitrogens with one attached hydrogen (secondary N) is 1. The van der Waals surface area contributed by atoms with E-state index in [0.717, 1.165) is 12.8 Å². The van der Waals surface area contributed by atoms with Crippen LogP contribution in [0.2, 0.25) is 0 Å². The minimum atomic E-state index is 0. The first-order chi connectivity index (χ1) is 9.22. The summed E-state index contributed by atoms with van der Waals surface area (Å²) in [6.07, 6.45) is 7.56. The van der Waals surface area contributed by atoms with Crippen LogP contribution in [-0.2, 0) is 11.2 Å². The predicted molar refractivity (Wildman–Crippen MR) is 84.7 cm³/mol. The second kappa shape index (κ2) is 8.01. The van der Waals surface area contributed by atoms with E-state index >= 15 is 0 Å². The van der Waals surface area contributed by atoms with Crippen LogP contribution in [0.1, 0.15) is 37.8 Å². The quantitative estimate of drug-likeness (QED) is 0.886. The van der Waals surface area contributed by atoms with Crippen LogP contribution in [-0.4, -0.2) is 23.1 Å². The van der Waals surface area contributed by atoms with Crippen molar-refractivity contribution in [1.29, 1.82) is 0 Å². The normalized spacial score (nSPS) is 30.7. The number of hydrogen-bond donors (Lipinski definition) is 2. The molecule has 1 heterocycles. The van der Waals surface area contributed by atoms with Crippen LogP contribution in [0.4, 0.5) is 0 Å². The zero-order valence-corrected chi connectivity index (χ0v) is 13.5. The average molecular weight is 336 g/mol. The van der Waals surface area contributed by atoms with Gasteiger partial charge in [0.25, 0.3) is 0 Å². The Labute approximate surface area is 137 Å². The Hall–Kier alpha value is -0.780. The topological polar surface area (TPSA) is 81.1 Å². The molecular formula is C14H23Cl2N3O2. The van der Waals surface area contributed by atoms with E-state index in [1.54, 1.807) is 6.07 Å². The summed E-state index contributed by atoms with van der Waals surface area (Å²) in [5.74, 6) is 1.17. The largest absolute Gasteiger partial charge is 0.364 e. The van der Waals surface area contributed by atoms with E-state index in [0.29, 0.717) is 36.0 Å². The standard InChI is InChI=1S/C14H21N3O2.2ClH/c15-11-6-9-2-1-3-10(7-11)14(9)16-13(18)8-12-4-5-19-17-12;;/h4-5,9-11,14H,1-3,6-8,15H2,(H,16,18);2*1H. The van der Waals surface area contributed by atoms with Gasteiger partial charge in [-0.3, -0.25) is 4.79 Å². The third kappa shape index (κ3) is 4.34. The Balaban J connectivity index is 0.00000110. The van der Waals surface area contributed by atoms with Gasteiger partial charge in [-0.1, -0.05) is 11.6 Å². The van der Waals surface area contributed by atoms with Gasteiger partial charge in [-0.25, -0.2) is 0 Å². The van der Waals surface area contributed by atoms with Crippen LogP contribution in [0.5, 0.6) is 0 Å². The fourth-order valence-electron chi connectivity index (χ4n) is 3.75. The van der Waals surface area contributed by atoms with Gasteiger partial charge in [0.1, 0.15) is 6.26 Å². The maximum atomic E-state index is 12.1. The Morgan fingerprint density at radius 1 is 1.33 bits per heavy atom. The molecule has 2 aliphatic carbocycles. The molecule has 1 aromatic rings. The third-order valence-corrected chi connectivity index (χ3v) is 4.54. The summed E-state index contributed by atoms with van der Waals surface area (Å²) in [7, 11) is 0. The molecule has 2 unspecified atom stereocenters. The maximum Gasteiger partial charge on any atom is 0.226 e. The van der Waals surface area contributed by atoms with Crippen LogP contribution < -0.4 is 11.1 Å². The molecule has 21 heavy (non-hydrogen) atoms. The van der Waals surface area contributed by atoms with E-state index in [9.17, 15) is 4.79 Å². The van der Waals surface area contributed by atoms with Gasteiger partial charge >= 0.3 is 0 Å². The van der Waals surface area contributed by atoms with Gasteiger partial charge in [-0.15, -0.1) is 24.8 Å². The van der Waals surface area contributed by atoms with Gasteiger partial charge < -0.3 is 15.6 Å². The van der Waals surface area contributed by atoms with Gasteiger partial charge in [-0.2, -0.15) is 0 Å². The second-order valence-electron chi connectivity index (χ2n) is 5.94. The number of carbonyl (C=O) groups excluding carboxylic acids is 1. The summed E-state index contributed by atoms with van der Waals surface area (Å²) >= 11 is 0. The van der Waals surface area contributed by atoms with E-state index in [4.69, 9.17) is 10.3 Å². The van der Waals surface area contributed by atoms with Gasteiger partial charge in [0, 0.05) is 18.2 Å². The van der Waals surface area contributed by atoms with Crippen molar-refractivity contribution in [2.75, 3.05) is 0 Å². The van der Waals surface area contributed by atoms with Crippen molar-refractivity contribution < 1.29 is 9.32 Å². The van der Waals surface area contributed by atoms with Gasteiger partial charge in [-0.05, 0) is 37.5 Å². The molecule has 0 aromatic carbocycles. The molecule has 1 aromatic heterocycles. The number of halogens is 2. The lowest BCUT2D eigenvalue weighted by molar-refractivity contribution is -0.122. The monoisotopic (exact) mass is 335 g/mol. The second-order valence-corrected chi connectivity index (χ2v) is 5.94. The lowest BCUT2D eigenvalue weighted by atomic mass is 9.67. The molecule has 0 aliphatic heterocycles. The fourth-order valence-corrected chi connectivity index (χ4v) is 3.75. The van der Waals surface area contributed by atoms with E-state index in [2.05, 4.69) is 10.5 Å². The summed E-state index contributed by atoms with van der Waals surface area (Å²) in [6, 6.07) is 2.36. The van der Waals surface area contributed by atoms with E-state index in [1.807, 2.05) is 0 Å². The maximum absolute atomic E-state index is 12.1. The zero-order valence-electron chi connectivity index (χ0n) is 11.9. The molecule has 7 heteroatoms. The SMILES string of the molecule is Cl.Cl.NC1CC2CCCC(C1)C2NC(=O)Cc1ccon1. The summed E-state index contributed by atoms with van der Waals surface area (Å²) in [5.41, 5.74) is 6.78. The minimum absolute atomic E-state index is 0. The molecule has 3 rings (SSSR count). The number of fused-ring (bicyclic) bond motifs is 2. The molecule has 120 valence electrons. The molecule has 3 N–H and O–H groups in total. The highest BCUT2D eigenvalue weighted by atomic mass is 35.5. The summed E-state index contributed by atoms with van der Waals surface area (Å²) in [6.45, 7) is 0. The number of rotatable bonds is 3. The van der Waals surface area contributed by atoms with Crippen molar-refractivity contribution in [2.45, 2.75) is 50.6 Å². The number of amides is 1. The zero-order chi connectivity index (χ0) is 13.2. The highest BCUT2D eigenvalue weighted by Gasteiger charge is 2.39. The predicted octanol–water partition coefficient (Wildman–Crippen LogP) is 2.08.